The maximum Gasteiger partial charge on any atom is 0.469 e. The molecular weight excluding hydrogens is 288 g/mol. The first-order valence-corrected chi connectivity index (χ1v) is 5.98. The second-order valence-electron chi connectivity index (χ2n) is 3.31. The maximum absolute atomic E-state index is 12.5. The molecule has 1 aliphatic rings. The van der Waals surface area contributed by atoms with E-state index in [1.54, 1.807) is 0 Å². The molecule has 0 aromatic rings. The largest absolute Gasteiger partial charge is 0.469 e. The highest BCUT2D eigenvalue weighted by atomic mass is 32.2. The fourth-order valence-electron chi connectivity index (χ4n) is 1.25. The molecule has 0 aromatic carbocycles. The van der Waals surface area contributed by atoms with Crippen molar-refractivity contribution in [3.05, 3.63) is 0 Å². The molecule has 0 N–H and O–H groups in total. The third-order valence-corrected chi connectivity index (χ3v) is 3.91. The first-order chi connectivity index (χ1) is 8.07. The lowest BCUT2D eigenvalue weighted by atomic mass is 10.2. The molecule has 1 aliphatic heterocycles. The average molecular weight is 297 g/mol. The van der Waals surface area contributed by atoms with Crippen LogP contribution in [0.3, 0.4) is 0 Å². The van der Waals surface area contributed by atoms with Gasteiger partial charge in [-0.25, -0.2) is 4.79 Å². The Hall–Kier alpha value is -0.770. The zero-order valence-electron chi connectivity index (χ0n) is 9.01. The predicted octanol–water partition coefficient (Wildman–Crippen LogP) is 3.14. The number of hydrogen-bond donors (Lipinski definition) is 0. The Bertz CT molecular complexity index is 364. The van der Waals surface area contributed by atoms with Crippen LogP contribution < -0.4 is 0 Å². The summed E-state index contributed by atoms with van der Waals surface area (Å²) in [5, 5.41) is -0.951. The Labute approximate surface area is 101 Å². The Balaban J connectivity index is 3.02. The van der Waals surface area contributed by atoms with Gasteiger partial charge >= 0.3 is 17.8 Å². The SMILES string of the molecule is CCOC(=O)S1=CC(C(F)(F)F)CN1C(F)(F)F. The molecule has 0 saturated carbocycles. The minimum atomic E-state index is -5.01. The molecule has 2 atom stereocenters. The quantitative estimate of drug-likeness (QED) is 0.322. The molecular formula is C8H9F6NO2S. The molecule has 0 aliphatic carbocycles. The third-order valence-electron chi connectivity index (χ3n) is 2.03. The van der Waals surface area contributed by atoms with E-state index >= 15 is 0 Å². The molecule has 0 saturated heterocycles. The molecule has 0 bridgehead atoms. The van der Waals surface area contributed by atoms with Gasteiger partial charge in [0.15, 0.2) is 0 Å². The summed E-state index contributed by atoms with van der Waals surface area (Å²) >= 11 is 0. The fraction of sp³-hybridized carbons (Fsp3) is 0.750. The van der Waals surface area contributed by atoms with Crippen LogP contribution in [0.25, 0.3) is 0 Å². The van der Waals surface area contributed by atoms with Gasteiger partial charge in [-0.15, -0.1) is 0 Å². The zero-order chi connectivity index (χ0) is 14.1. The normalized spacial score (nSPS) is 25.9. The van der Waals surface area contributed by atoms with Gasteiger partial charge in [0.25, 0.3) is 0 Å². The molecule has 0 fully saturated rings. The number of hydrogen-bond acceptors (Lipinski definition) is 3. The highest BCUT2D eigenvalue weighted by Gasteiger charge is 2.52. The molecule has 0 spiro atoms. The average Bonchev–Trinajstić information content (AvgIpc) is 2.60. The second-order valence-corrected chi connectivity index (χ2v) is 4.99. The summed E-state index contributed by atoms with van der Waals surface area (Å²) in [6.45, 7) is -0.149. The predicted molar refractivity (Wildman–Crippen MR) is 53.0 cm³/mol. The first-order valence-electron chi connectivity index (χ1n) is 4.73. The Morgan fingerprint density at radius 1 is 1.39 bits per heavy atom. The van der Waals surface area contributed by atoms with E-state index in [9.17, 15) is 31.1 Å². The molecule has 1 heterocycles. The van der Waals surface area contributed by atoms with E-state index in [1.165, 1.54) is 6.92 Å². The van der Waals surface area contributed by atoms with E-state index < -0.39 is 45.2 Å². The van der Waals surface area contributed by atoms with E-state index in [2.05, 4.69) is 4.74 Å². The summed E-state index contributed by atoms with van der Waals surface area (Å²) in [5.41, 5.74) is 0. The summed E-state index contributed by atoms with van der Waals surface area (Å²) in [7, 11) is -2.35. The highest BCUT2D eigenvalue weighted by molar-refractivity contribution is 8.25. The van der Waals surface area contributed by atoms with E-state index in [0.717, 1.165) is 0 Å². The molecule has 0 radical (unpaired) electrons. The molecule has 106 valence electrons. The Kier molecular flexibility index (Phi) is 4.31. The van der Waals surface area contributed by atoms with Gasteiger partial charge in [0, 0.05) is 6.54 Å². The zero-order valence-corrected chi connectivity index (χ0v) is 9.83. The van der Waals surface area contributed by atoms with Crippen molar-refractivity contribution in [2.24, 2.45) is 5.92 Å². The summed E-state index contributed by atoms with van der Waals surface area (Å²) in [5.74, 6) is -2.29. The van der Waals surface area contributed by atoms with Crippen LogP contribution in [0.4, 0.5) is 31.1 Å². The number of nitrogens with zero attached hydrogens (tertiary/aromatic N) is 1. The van der Waals surface area contributed by atoms with Gasteiger partial charge in [-0.1, -0.05) is 0 Å². The van der Waals surface area contributed by atoms with Crippen LogP contribution in [0.1, 0.15) is 6.92 Å². The topological polar surface area (TPSA) is 29.5 Å². The van der Waals surface area contributed by atoms with Gasteiger partial charge in [-0.05, 0) is 23.0 Å². The molecule has 3 nitrogen and oxygen atoms in total. The number of alkyl halides is 6. The van der Waals surface area contributed by atoms with Crippen molar-refractivity contribution in [2.45, 2.75) is 19.4 Å². The van der Waals surface area contributed by atoms with Crippen molar-refractivity contribution < 1.29 is 35.9 Å². The van der Waals surface area contributed by atoms with Gasteiger partial charge < -0.3 is 4.74 Å². The van der Waals surface area contributed by atoms with Gasteiger partial charge in [0.2, 0.25) is 0 Å². The summed E-state index contributed by atoms with van der Waals surface area (Å²) in [6, 6.07) is 0. The molecule has 10 heteroatoms. The lowest BCUT2D eigenvalue weighted by Gasteiger charge is -2.23. The maximum atomic E-state index is 12.5. The van der Waals surface area contributed by atoms with Crippen molar-refractivity contribution in [2.75, 3.05) is 13.2 Å². The number of ether oxygens (including phenoxy) is 1. The van der Waals surface area contributed by atoms with E-state index in [0.29, 0.717) is 5.37 Å². The minimum absolute atomic E-state index is 0.196. The number of rotatable bonds is 1. The van der Waals surface area contributed by atoms with Crippen LogP contribution in [0, 0.1) is 5.92 Å². The van der Waals surface area contributed by atoms with Gasteiger partial charge in [-0.2, -0.15) is 30.6 Å². The lowest BCUT2D eigenvalue weighted by molar-refractivity contribution is -0.218. The number of carbonyl (C=O) groups excluding carboxylic acids is 1. The minimum Gasteiger partial charge on any atom is -0.457 e. The first kappa shape index (κ1) is 15.3. The highest BCUT2D eigenvalue weighted by Crippen LogP contribution is 2.43. The van der Waals surface area contributed by atoms with Gasteiger partial charge in [0.1, 0.15) is 0 Å². The standard InChI is InChI=1S/C8H9F6NO2S/c1-2-17-6(16)18-4-5(7(9,10)11)3-15(18)8(12,13)14/h4-5H,2-3H2,1H3. The van der Waals surface area contributed by atoms with Crippen LogP contribution in [0.15, 0.2) is 0 Å². The lowest BCUT2D eigenvalue weighted by Crippen LogP contribution is -2.37. The molecule has 1 rings (SSSR count). The fourth-order valence-corrected chi connectivity index (χ4v) is 3.02. The van der Waals surface area contributed by atoms with Crippen LogP contribution in [0.5, 0.6) is 0 Å². The van der Waals surface area contributed by atoms with Crippen molar-refractivity contribution >= 4 is 21.3 Å². The van der Waals surface area contributed by atoms with Crippen LogP contribution >= 0.6 is 10.7 Å². The summed E-state index contributed by atoms with van der Waals surface area (Å²) in [4.78, 5) is 11.2. The summed E-state index contributed by atoms with van der Waals surface area (Å²) < 4.78 is 78.6. The third kappa shape index (κ3) is 3.37. The van der Waals surface area contributed by atoms with Crippen LogP contribution in [0.2, 0.25) is 0 Å². The van der Waals surface area contributed by atoms with E-state index in [-0.39, 0.29) is 6.61 Å². The summed E-state index contributed by atoms with van der Waals surface area (Å²) in [6.07, 6.45) is -9.82. The van der Waals surface area contributed by atoms with E-state index in [1.807, 2.05) is 0 Å². The molecule has 18 heavy (non-hydrogen) atoms. The molecule has 0 amide bonds. The second kappa shape index (κ2) is 5.08. The van der Waals surface area contributed by atoms with Crippen LogP contribution in [-0.4, -0.2) is 40.6 Å². The Morgan fingerprint density at radius 2 is 1.94 bits per heavy atom. The molecule has 2 unspecified atom stereocenters. The van der Waals surface area contributed by atoms with Gasteiger partial charge in [-0.3, -0.25) is 0 Å². The van der Waals surface area contributed by atoms with Gasteiger partial charge in [0.05, 0.1) is 12.5 Å². The van der Waals surface area contributed by atoms with E-state index in [4.69, 9.17) is 0 Å². The number of halogens is 6. The van der Waals surface area contributed by atoms with Crippen LogP contribution in [-0.2, 0) is 4.74 Å². The Morgan fingerprint density at radius 3 is 2.33 bits per heavy atom. The van der Waals surface area contributed by atoms with Crippen molar-refractivity contribution in [3.8, 4) is 0 Å². The van der Waals surface area contributed by atoms with Crippen molar-refractivity contribution in [3.63, 3.8) is 0 Å². The number of carbonyl (C=O) groups is 1. The monoisotopic (exact) mass is 297 g/mol. The van der Waals surface area contributed by atoms with Crippen molar-refractivity contribution in [1.82, 2.24) is 4.31 Å². The molecule has 0 aromatic heterocycles. The smallest absolute Gasteiger partial charge is 0.457 e. The van der Waals surface area contributed by atoms with Crippen molar-refractivity contribution in [1.29, 1.82) is 0 Å².